The number of nitrogens with zero attached hydrogens (tertiary/aromatic N) is 2. The zero-order chi connectivity index (χ0) is 13.9. The summed E-state index contributed by atoms with van der Waals surface area (Å²) in [7, 11) is 0. The highest BCUT2D eigenvalue weighted by atomic mass is 16.2. The fourth-order valence-corrected chi connectivity index (χ4v) is 4.27. The first-order chi connectivity index (χ1) is 9.61. The summed E-state index contributed by atoms with van der Waals surface area (Å²) in [6, 6.07) is 1.33. The molecule has 3 heterocycles. The topological polar surface area (TPSA) is 45.5 Å². The van der Waals surface area contributed by atoms with Crippen molar-refractivity contribution in [3.63, 3.8) is 0 Å². The van der Waals surface area contributed by atoms with Crippen LogP contribution in [0.2, 0.25) is 0 Å². The number of carbonyl (C=O) groups is 1. The Labute approximate surface area is 121 Å². The second-order valence-electron chi connectivity index (χ2n) is 7.60. The smallest absolute Gasteiger partial charge is 0.241 e. The predicted molar refractivity (Wildman–Crippen MR) is 78.4 cm³/mol. The SMILES string of the molecule is CC(C)N1CCC2(CC1)CCN2C(=O)C1NC1C1CC1. The number of amides is 1. The zero-order valence-electron chi connectivity index (χ0n) is 12.8. The quantitative estimate of drug-likeness (QED) is 0.789. The van der Waals surface area contributed by atoms with Gasteiger partial charge in [-0.15, -0.1) is 0 Å². The third-order valence-corrected chi connectivity index (χ3v) is 6.12. The van der Waals surface area contributed by atoms with Crippen molar-refractivity contribution in [2.75, 3.05) is 19.6 Å². The Hall–Kier alpha value is -0.610. The lowest BCUT2D eigenvalue weighted by Gasteiger charge is -2.57. The fourth-order valence-electron chi connectivity index (χ4n) is 4.27. The van der Waals surface area contributed by atoms with E-state index in [9.17, 15) is 4.79 Å². The molecule has 2 unspecified atom stereocenters. The van der Waals surface area contributed by atoms with Crippen LogP contribution >= 0.6 is 0 Å². The van der Waals surface area contributed by atoms with E-state index in [1.807, 2.05) is 0 Å². The van der Waals surface area contributed by atoms with Gasteiger partial charge in [0.05, 0.1) is 0 Å². The molecule has 112 valence electrons. The summed E-state index contributed by atoms with van der Waals surface area (Å²) in [5.41, 5.74) is 0.223. The molecule has 1 aliphatic carbocycles. The molecule has 1 N–H and O–H groups in total. The van der Waals surface area contributed by atoms with E-state index in [0.717, 1.165) is 25.6 Å². The van der Waals surface area contributed by atoms with Crippen molar-refractivity contribution in [2.45, 2.75) is 69.6 Å². The summed E-state index contributed by atoms with van der Waals surface area (Å²) in [5, 5.41) is 3.43. The summed E-state index contributed by atoms with van der Waals surface area (Å²) in [5.74, 6) is 1.22. The minimum atomic E-state index is 0.169. The van der Waals surface area contributed by atoms with E-state index in [2.05, 4.69) is 29.0 Å². The van der Waals surface area contributed by atoms with E-state index in [1.54, 1.807) is 0 Å². The van der Waals surface area contributed by atoms with Crippen LogP contribution in [-0.2, 0) is 4.79 Å². The lowest BCUT2D eigenvalue weighted by molar-refractivity contribution is -0.152. The highest BCUT2D eigenvalue weighted by Crippen LogP contribution is 2.44. The molecule has 1 amide bonds. The van der Waals surface area contributed by atoms with Crippen LogP contribution in [0, 0.1) is 5.92 Å². The van der Waals surface area contributed by atoms with Crippen LogP contribution < -0.4 is 5.32 Å². The Morgan fingerprint density at radius 2 is 1.80 bits per heavy atom. The van der Waals surface area contributed by atoms with Gasteiger partial charge >= 0.3 is 0 Å². The summed E-state index contributed by atoms with van der Waals surface area (Å²) in [6.07, 6.45) is 6.24. The van der Waals surface area contributed by atoms with E-state index in [0.29, 0.717) is 18.0 Å². The molecule has 4 fully saturated rings. The molecule has 0 aromatic heterocycles. The summed E-state index contributed by atoms with van der Waals surface area (Å²) in [6.45, 7) is 7.86. The van der Waals surface area contributed by atoms with Crippen LogP contribution in [0.3, 0.4) is 0 Å². The van der Waals surface area contributed by atoms with E-state index in [1.165, 1.54) is 32.1 Å². The van der Waals surface area contributed by atoms with Gasteiger partial charge in [-0.1, -0.05) is 0 Å². The van der Waals surface area contributed by atoms with Crippen molar-refractivity contribution < 1.29 is 4.79 Å². The van der Waals surface area contributed by atoms with Crippen LogP contribution in [0.1, 0.15) is 46.0 Å². The Morgan fingerprint density at radius 3 is 2.30 bits per heavy atom. The second-order valence-corrected chi connectivity index (χ2v) is 7.60. The highest BCUT2D eigenvalue weighted by Gasteiger charge is 2.57. The average molecular weight is 277 g/mol. The van der Waals surface area contributed by atoms with Crippen LogP contribution in [0.15, 0.2) is 0 Å². The third-order valence-electron chi connectivity index (χ3n) is 6.12. The maximum absolute atomic E-state index is 12.7. The van der Waals surface area contributed by atoms with Gasteiger partial charge in [0, 0.05) is 37.3 Å². The first-order valence-corrected chi connectivity index (χ1v) is 8.42. The van der Waals surface area contributed by atoms with Crippen LogP contribution in [-0.4, -0.2) is 59.0 Å². The molecule has 4 aliphatic rings. The second kappa shape index (κ2) is 4.44. The molecule has 1 spiro atoms. The van der Waals surface area contributed by atoms with Crippen molar-refractivity contribution in [1.29, 1.82) is 0 Å². The van der Waals surface area contributed by atoms with Gasteiger partial charge in [0.2, 0.25) is 5.91 Å². The molecule has 4 nitrogen and oxygen atoms in total. The van der Waals surface area contributed by atoms with Crippen molar-refractivity contribution >= 4 is 5.91 Å². The van der Waals surface area contributed by atoms with Crippen molar-refractivity contribution in [3.8, 4) is 0 Å². The molecular weight excluding hydrogens is 250 g/mol. The van der Waals surface area contributed by atoms with E-state index < -0.39 is 0 Å². The molecule has 0 radical (unpaired) electrons. The monoisotopic (exact) mass is 277 g/mol. The number of hydrogen-bond acceptors (Lipinski definition) is 3. The number of hydrogen-bond donors (Lipinski definition) is 1. The summed E-state index contributed by atoms with van der Waals surface area (Å²) >= 11 is 0. The zero-order valence-corrected chi connectivity index (χ0v) is 12.8. The molecule has 0 aromatic rings. The summed E-state index contributed by atoms with van der Waals surface area (Å²) < 4.78 is 0. The highest BCUT2D eigenvalue weighted by molar-refractivity contribution is 5.87. The Bertz CT molecular complexity index is 410. The molecule has 20 heavy (non-hydrogen) atoms. The molecule has 3 aliphatic heterocycles. The predicted octanol–water partition coefficient (Wildman–Crippen LogP) is 1.21. The first kappa shape index (κ1) is 13.1. The number of likely N-dealkylation sites (tertiary alicyclic amines) is 2. The maximum Gasteiger partial charge on any atom is 0.241 e. The lowest BCUT2D eigenvalue weighted by Crippen LogP contribution is -2.67. The standard InChI is InChI=1S/C16H27N3O/c1-11(2)18-8-5-16(6-9-18)7-10-19(16)15(20)14-13(17-14)12-3-4-12/h11-14,17H,3-10H2,1-2H3. The van der Waals surface area contributed by atoms with Crippen LogP contribution in [0.4, 0.5) is 0 Å². The fraction of sp³-hybridized carbons (Fsp3) is 0.938. The van der Waals surface area contributed by atoms with Crippen LogP contribution in [0.5, 0.6) is 0 Å². The van der Waals surface area contributed by atoms with E-state index in [-0.39, 0.29) is 11.6 Å². The van der Waals surface area contributed by atoms with Gasteiger partial charge in [0.15, 0.2) is 0 Å². The molecule has 0 bridgehead atoms. The number of piperidine rings is 1. The van der Waals surface area contributed by atoms with Gasteiger partial charge in [0.1, 0.15) is 6.04 Å². The number of carbonyl (C=O) groups excluding carboxylic acids is 1. The van der Waals surface area contributed by atoms with Gasteiger partial charge in [-0.25, -0.2) is 0 Å². The third kappa shape index (κ3) is 2.00. The van der Waals surface area contributed by atoms with Crippen LogP contribution in [0.25, 0.3) is 0 Å². The number of nitrogens with one attached hydrogen (secondary N) is 1. The minimum Gasteiger partial charge on any atom is -0.335 e. The number of rotatable bonds is 3. The molecule has 4 heteroatoms. The molecule has 2 atom stereocenters. The minimum absolute atomic E-state index is 0.169. The Morgan fingerprint density at radius 1 is 1.15 bits per heavy atom. The first-order valence-electron chi connectivity index (χ1n) is 8.42. The largest absolute Gasteiger partial charge is 0.335 e. The summed E-state index contributed by atoms with van der Waals surface area (Å²) in [4.78, 5) is 17.4. The Balaban J connectivity index is 1.37. The average Bonchev–Trinajstić information content (AvgIpc) is 3.27. The molecule has 0 aromatic carbocycles. The molecule has 1 saturated carbocycles. The van der Waals surface area contributed by atoms with Crippen molar-refractivity contribution in [3.05, 3.63) is 0 Å². The van der Waals surface area contributed by atoms with Gasteiger partial charge < -0.3 is 9.80 Å². The Kier molecular flexibility index (Phi) is 2.90. The normalized spacial score (nSPS) is 36.2. The van der Waals surface area contributed by atoms with Gasteiger partial charge in [-0.2, -0.15) is 0 Å². The van der Waals surface area contributed by atoms with Gasteiger partial charge in [-0.3, -0.25) is 10.1 Å². The van der Waals surface area contributed by atoms with E-state index in [4.69, 9.17) is 0 Å². The van der Waals surface area contributed by atoms with Crippen molar-refractivity contribution in [2.24, 2.45) is 5.92 Å². The van der Waals surface area contributed by atoms with Gasteiger partial charge in [0.25, 0.3) is 0 Å². The van der Waals surface area contributed by atoms with E-state index >= 15 is 0 Å². The lowest BCUT2D eigenvalue weighted by atomic mass is 9.75. The molecule has 3 saturated heterocycles. The maximum atomic E-state index is 12.7. The van der Waals surface area contributed by atoms with Gasteiger partial charge in [-0.05, 0) is 51.9 Å². The molecular formula is C16H27N3O. The van der Waals surface area contributed by atoms with Crippen molar-refractivity contribution in [1.82, 2.24) is 15.1 Å². The molecule has 4 rings (SSSR count).